The number of benzene rings is 2. The highest BCUT2D eigenvalue weighted by Crippen LogP contribution is 2.20. The van der Waals surface area contributed by atoms with Crippen LogP contribution in [0.4, 0.5) is 5.69 Å². The molecular weight excluding hydrogens is 412 g/mol. The molecule has 0 fully saturated rings. The summed E-state index contributed by atoms with van der Waals surface area (Å²) in [6.45, 7) is 0. The van der Waals surface area contributed by atoms with E-state index >= 15 is 0 Å². The van der Waals surface area contributed by atoms with Gasteiger partial charge in [0.2, 0.25) is 5.91 Å². The minimum Gasteiger partial charge on any atom is -0.369 e. The molecule has 0 aliphatic carbocycles. The lowest BCUT2D eigenvalue weighted by Crippen LogP contribution is -2.30. The van der Waals surface area contributed by atoms with E-state index in [1.807, 2.05) is 0 Å². The molecule has 0 spiro atoms. The lowest BCUT2D eigenvalue weighted by Gasteiger charge is -2.12. The van der Waals surface area contributed by atoms with E-state index in [1.165, 1.54) is 11.8 Å². The van der Waals surface area contributed by atoms with Gasteiger partial charge >= 0.3 is 0 Å². The van der Waals surface area contributed by atoms with E-state index < -0.39 is 17.7 Å². The molecule has 0 aliphatic rings. The maximum atomic E-state index is 12.9. The van der Waals surface area contributed by atoms with Crippen LogP contribution in [-0.2, 0) is 9.59 Å². The molecule has 0 atom stereocenters. The second-order valence-electron chi connectivity index (χ2n) is 6.40. The third kappa shape index (κ3) is 6.83. The topological polar surface area (TPSA) is 114 Å². The van der Waals surface area contributed by atoms with E-state index in [0.29, 0.717) is 16.8 Å². The highest BCUT2D eigenvalue weighted by atomic mass is 32.2. The summed E-state index contributed by atoms with van der Waals surface area (Å²) in [5.41, 5.74) is 6.87. The Kier molecular flexibility index (Phi) is 7.56. The number of carbonyl (C=O) groups is 3. The Bertz CT molecular complexity index is 1080. The van der Waals surface area contributed by atoms with Crippen molar-refractivity contribution in [3.05, 3.63) is 95.9 Å². The molecule has 0 unspecified atom stereocenters. The zero-order valence-electron chi connectivity index (χ0n) is 16.4. The van der Waals surface area contributed by atoms with Crippen molar-refractivity contribution >= 4 is 41.2 Å². The van der Waals surface area contributed by atoms with Gasteiger partial charge in [0, 0.05) is 28.5 Å². The number of aromatic nitrogens is 1. The summed E-state index contributed by atoms with van der Waals surface area (Å²) >= 11 is 1.31. The van der Waals surface area contributed by atoms with Gasteiger partial charge in [-0.25, -0.2) is 0 Å². The molecule has 4 N–H and O–H groups in total. The third-order valence-electron chi connectivity index (χ3n) is 4.02. The zero-order chi connectivity index (χ0) is 22.1. The molecule has 0 saturated heterocycles. The van der Waals surface area contributed by atoms with Gasteiger partial charge in [0.15, 0.2) is 0 Å². The van der Waals surface area contributed by atoms with Crippen LogP contribution in [0.15, 0.2) is 89.7 Å². The van der Waals surface area contributed by atoms with Crippen molar-refractivity contribution < 1.29 is 14.4 Å². The first-order valence-corrected chi connectivity index (χ1v) is 10.3. The quantitative estimate of drug-likeness (QED) is 0.374. The standard InChI is InChI=1S/C23H20N4O3S/c24-21(28)15-31-19-10-8-18(9-11-19)26-23(30)20(13-16-5-4-12-25-14-16)27-22(29)17-6-2-1-3-7-17/h1-14H,15H2,(H2,24,28)(H,26,30)(H,27,29)/b20-13-. The molecule has 0 bridgehead atoms. The molecule has 3 aromatic rings. The highest BCUT2D eigenvalue weighted by molar-refractivity contribution is 8.00. The average molecular weight is 433 g/mol. The lowest BCUT2D eigenvalue weighted by atomic mass is 10.2. The smallest absolute Gasteiger partial charge is 0.272 e. The van der Waals surface area contributed by atoms with Gasteiger partial charge in [-0.1, -0.05) is 24.3 Å². The van der Waals surface area contributed by atoms with Gasteiger partial charge < -0.3 is 16.4 Å². The number of nitrogens with zero attached hydrogens (tertiary/aromatic N) is 1. The zero-order valence-corrected chi connectivity index (χ0v) is 17.3. The van der Waals surface area contributed by atoms with Crippen LogP contribution in [-0.4, -0.2) is 28.5 Å². The van der Waals surface area contributed by atoms with Crippen molar-refractivity contribution in [3.8, 4) is 0 Å². The second-order valence-corrected chi connectivity index (χ2v) is 7.45. The molecule has 2 aromatic carbocycles. The number of rotatable bonds is 8. The van der Waals surface area contributed by atoms with Crippen LogP contribution in [0.5, 0.6) is 0 Å². The minimum atomic E-state index is -0.481. The first-order chi connectivity index (χ1) is 15.0. The van der Waals surface area contributed by atoms with Crippen LogP contribution in [0.1, 0.15) is 15.9 Å². The molecule has 156 valence electrons. The van der Waals surface area contributed by atoms with Crippen molar-refractivity contribution in [2.45, 2.75) is 4.90 Å². The molecular formula is C23H20N4O3S. The largest absolute Gasteiger partial charge is 0.369 e. The molecule has 31 heavy (non-hydrogen) atoms. The number of nitrogens with one attached hydrogen (secondary N) is 2. The third-order valence-corrected chi connectivity index (χ3v) is 5.05. The fraction of sp³-hybridized carbons (Fsp3) is 0.0435. The number of anilines is 1. The summed E-state index contributed by atoms with van der Waals surface area (Å²) in [5, 5.41) is 5.44. The lowest BCUT2D eigenvalue weighted by molar-refractivity contribution is -0.115. The second kappa shape index (κ2) is 10.7. The monoisotopic (exact) mass is 432 g/mol. The predicted octanol–water partition coefficient (Wildman–Crippen LogP) is 3.07. The Labute approximate surface area is 183 Å². The molecule has 8 heteroatoms. The van der Waals surface area contributed by atoms with Crippen LogP contribution in [0.2, 0.25) is 0 Å². The Morgan fingerprint density at radius 3 is 2.35 bits per heavy atom. The number of hydrogen-bond donors (Lipinski definition) is 3. The summed E-state index contributed by atoms with van der Waals surface area (Å²) in [5.74, 6) is -1.11. The molecule has 3 amide bonds. The number of primary amides is 1. The normalized spacial score (nSPS) is 10.9. The van der Waals surface area contributed by atoms with Crippen molar-refractivity contribution in [1.82, 2.24) is 10.3 Å². The number of hydrogen-bond acceptors (Lipinski definition) is 5. The molecule has 0 radical (unpaired) electrons. The fourth-order valence-corrected chi connectivity index (χ4v) is 3.20. The summed E-state index contributed by atoms with van der Waals surface area (Å²) in [4.78, 5) is 41.3. The van der Waals surface area contributed by atoms with Gasteiger partial charge in [-0.15, -0.1) is 11.8 Å². The van der Waals surface area contributed by atoms with E-state index in [4.69, 9.17) is 5.73 Å². The summed E-state index contributed by atoms with van der Waals surface area (Å²) in [6, 6.07) is 19.1. The van der Waals surface area contributed by atoms with Crippen molar-refractivity contribution in [1.29, 1.82) is 0 Å². The average Bonchev–Trinajstić information content (AvgIpc) is 2.79. The van der Waals surface area contributed by atoms with Gasteiger partial charge in [0.1, 0.15) is 5.70 Å². The molecule has 1 heterocycles. The van der Waals surface area contributed by atoms with Gasteiger partial charge in [0.25, 0.3) is 11.8 Å². The predicted molar refractivity (Wildman–Crippen MR) is 121 cm³/mol. The van der Waals surface area contributed by atoms with Crippen LogP contribution in [0.25, 0.3) is 6.08 Å². The minimum absolute atomic E-state index is 0.0778. The van der Waals surface area contributed by atoms with E-state index in [2.05, 4.69) is 15.6 Å². The molecule has 7 nitrogen and oxygen atoms in total. The maximum absolute atomic E-state index is 12.9. The molecule has 3 rings (SSSR count). The van der Waals surface area contributed by atoms with E-state index in [9.17, 15) is 14.4 Å². The SMILES string of the molecule is NC(=O)CSc1ccc(NC(=O)/C(=C/c2cccnc2)NC(=O)c2ccccc2)cc1. The Balaban J connectivity index is 1.77. The Morgan fingerprint density at radius 2 is 1.71 bits per heavy atom. The molecule has 0 aliphatic heterocycles. The Hall–Kier alpha value is -3.91. The highest BCUT2D eigenvalue weighted by Gasteiger charge is 2.15. The summed E-state index contributed by atoms with van der Waals surface area (Å²) < 4.78 is 0. The van der Waals surface area contributed by atoms with Crippen molar-refractivity contribution in [2.24, 2.45) is 5.73 Å². The van der Waals surface area contributed by atoms with Gasteiger partial charge in [-0.05, 0) is 54.1 Å². The number of carbonyl (C=O) groups excluding carboxylic acids is 3. The van der Waals surface area contributed by atoms with E-state index in [1.54, 1.807) is 85.2 Å². The van der Waals surface area contributed by atoms with Gasteiger partial charge in [-0.3, -0.25) is 19.4 Å². The first kappa shape index (κ1) is 21.8. The van der Waals surface area contributed by atoms with Crippen molar-refractivity contribution in [3.63, 3.8) is 0 Å². The summed E-state index contributed by atoms with van der Waals surface area (Å²) in [6.07, 6.45) is 4.77. The maximum Gasteiger partial charge on any atom is 0.272 e. The molecule has 0 saturated carbocycles. The van der Waals surface area contributed by atoms with Crippen LogP contribution in [0, 0.1) is 0 Å². The number of pyridine rings is 1. The van der Waals surface area contributed by atoms with Crippen LogP contribution >= 0.6 is 11.8 Å². The van der Waals surface area contributed by atoms with Crippen LogP contribution < -0.4 is 16.4 Å². The van der Waals surface area contributed by atoms with Gasteiger partial charge in [-0.2, -0.15) is 0 Å². The number of thioether (sulfide) groups is 1. The molecule has 1 aromatic heterocycles. The first-order valence-electron chi connectivity index (χ1n) is 9.32. The number of amides is 3. The fourth-order valence-electron chi connectivity index (χ4n) is 2.56. The van der Waals surface area contributed by atoms with E-state index in [0.717, 1.165) is 4.90 Å². The van der Waals surface area contributed by atoms with Crippen LogP contribution in [0.3, 0.4) is 0 Å². The number of nitrogens with two attached hydrogens (primary N) is 1. The van der Waals surface area contributed by atoms with Gasteiger partial charge in [0.05, 0.1) is 5.75 Å². The van der Waals surface area contributed by atoms with Crippen molar-refractivity contribution in [2.75, 3.05) is 11.1 Å². The summed E-state index contributed by atoms with van der Waals surface area (Å²) in [7, 11) is 0. The van der Waals surface area contributed by atoms with E-state index in [-0.39, 0.29) is 11.4 Å². The Morgan fingerprint density at radius 1 is 0.968 bits per heavy atom.